The molecule has 0 saturated heterocycles. The summed E-state index contributed by atoms with van der Waals surface area (Å²) >= 11 is 0. The number of nitrogens with zero attached hydrogens (tertiary/aromatic N) is 1. The molecule has 0 bridgehead atoms. The maximum atomic E-state index is 3.43. The van der Waals surface area contributed by atoms with E-state index in [1.165, 1.54) is 70.0 Å². The summed E-state index contributed by atoms with van der Waals surface area (Å²) in [6, 6.07) is 0.553. The van der Waals surface area contributed by atoms with Gasteiger partial charge in [-0.1, -0.05) is 71.6 Å². The van der Waals surface area contributed by atoms with Crippen LogP contribution in [0.15, 0.2) is 12.4 Å². The molecule has 1 N–H and O–H groups in total. The Hall–Kier alpha value is -0.790. The molecule has 2 heteroatoms. The van der Waals surface area contributed by atoms with Gasteiger partial charge in [0.05, 0.1) is 12.0 Å². The molecule has 0 aromatic carbocycles. The summed E-state index contributed by atoms with van der Waals surface area (Å²) < 4.78 is 2.37. The van der Waals surface area contributed by atoms with Crippen LogP contribution in [-0.2, 0) is 0 Å². The maximum absolute atomic E-state index is 3.43. The van der Waals surface area contributed by atoms with E-state index in [9.17, 15) is 0 Å². The molecule has 1 aromatic heterocycles. The second kappa shape index (κ2) is 10.9. The number of nitrogens with one attached hydrogen (secondary N) is 1. The third-order valence-corrected chi connectivity index (χ3v) is 4.51. The monoisotopic (exact) mass is 293 g/mol. The van der Waals surface area contributed by atoms with Crippen molar-refractivity contribution < 1.29 is 4.57 Å². The Morgan fingerprint density at radius 2 is 1.48 bits per heavy atom. The number of hydrogen-bond acceptors (Lipinski definition) is 0. The lowest BCUT2D eigenvalue weighted by atomic mass is 10.0. The fraction of sp³-hybridized carbons (Fsp3) is 0.842. The molecule has 2 nitrogen and oxygen atoms in total. The lowest BCUT2D eigenvalue weighted by Gasteiger charge is -2.10. The van der Waals surface area contributed by atoms with E-state index in [0.29, 0.717) is 12.0 Å². The highest BCUT2D eigenvalue weighted by atomic mass is 15.1. The summed E-state index contributed by atoms with van der Waals surface area (Å²) in [5, 5.41) is 0. The lowest BCUT2D eigenvalue weighted by Crippen LogP contribution is -2.39. The van der Waals surface area contributed by atoms with Crippen molar-refractivity contribution in [3.05, 3.63) is 18.2 Å². The summed E-state index contributed by atoms with van der Waals surface area (Å²) in [7, 11) is 0. The van der Waals surface area contributed by atoms with E-state index in [0.717, 1.165) is 0 Å². The minimum atomic E-state index is 0.553. The first-order valence-corrected chi connectivity index (χ1v) is 9.25. The van der Waals surface area contributed by atoms with Crippen LogP contribution < -0.4 is 4.57 Å². The van der Waals surface area contributed by atoms with Gasteiger partial charge in [-0.2, -0.15) is 0 Å². The van der Waals surface area contributed by atoms with Gasteiger partial charge in [0.25, 0.3) is 5.82 Å². The molecule has 0 amide bonds. The second-order valence-corrected chi connectivity index (χ2v) is 6.86. The Morgan fingerprint density at radius 1 is 0.905 bits per heavy atom. The van der Waals surface area contributed by atoms with E-state index < -0.39 is 0 Å². The average molecular weight is 294 g/mol. The Morgan fingerprint density at radius 3 is 2.05 bits per heavy atom. The van der Waals surface area contributed by atoms with E-state index in [1.54, 1.807) is 0 Å². The van der Waals surface area contributed by atoms with E-state index in [4.69, 9.17) is 0 Å². The smallest absolute Gasteiger partial charge is 0.247 e. The van der Waals surface area contributed by atoms with Crippen LogP contribution in [0.3, 0.4) is 0 Å². The van der Waals surface area contributed by atoms with Crippen molar-refractivity contribution >= 4 is 0 Å². The van der Waals surface area contributed by atoms with Crippen LogP contribution >= 0.6 is 0 Å². The molecule has 0 radical (unpaired) electrons. The highest BCUT2D eigenvalue weighted by Gasteiger charge is 2.19. The summed E-state index contributed by atoms with van der Waals surface area (Å²) in [4.78, 5) is 3.43. The number of unbranched alkanes of at least 4 members (excludes halogenated alkanes) is 8. The summed E-state index contributed by atoms with van der Waals surface area (Å²) in [6.07, 6.45) is 18.3. The highest BCUT2D eigenvalue weighted by molar-refractivity contribution is 4.87. The molecule has 0 unspecified atom stereocenters. The van der Waals surface area contributed by atoms with Gasteiger partial charge in [0.15, 0.2) is 0 Å². The number of imidazole rings is 1. The van der Waals surface area contributed by atoms with Crippen molar-refractivity contribution in [1.82, 2.24) is 4.98 Å². The standard InChI is InChI=1S/C19H36N2/c1-5-6-7-8-9-10-11-12-13-14-18(4)19-20-15-16-21(19)17(2)3/h15-18H,5-14H2,1-4H3/p+1/t18-/m0/s1. The molecule has 0 aliphatic rings. The molecule has 1 atom stereocenters. The second-order valence-electron chi connectivity index (χ2n) is 6.86. The summed E-state index contributed by atoms with van der Waals surface area (Å²) in [6.45, 7) is 9.15. The van der Waals surface area contributed by atoms with Crippen LogP contribution in [0.1, 0.15) is 110 Å². The summed E-state index contributed by atoms with van der Waals surface area (Å²) in [5.74, 6) is 2.04. The molecule has 0 saturated carbocycles. The first kappa shape index (κ1) is 18.3. The number of hydrogen-bond donors (Lipinski definition) is 1. The SMILES string of the molecule is CCCCCCCCCCC[C@H](C)c1[nH]cc[n+]1C(C)C. The van der Waals surface area contributed by atoms with Crippen molar-refractivity contribution in [2.45, 2.75) is 104 Å². The molecule has 0 aliphatic heterocycles. The minimum absolute atomic E-state index is 0.553. The largest absolute Gasteiger partial charge is 0.257 e. The van der Waals surface area contributed by atoms with Crippen LogP contribution in [-0.4, -0.2) is 4.98 Å². The van der Waals surface area contributed by atoms with Crippen molar-refractivity contribution in [3.8, 4) is 0 Å². The first-order valence-electron chi connectivity index (χ1n) is 9.25. The Balaban J connectivity index is 2.08. The highest BCUT2D eigenvalue weighted by Crippen LogP contribution is 2.19. The van der Waals surface area contributed by atoms with Crippen LogP contribution in [0, 0.1) is 0 Å². The predicted molar refractivity (Wildman–Crippen MR) is 91.6 cm³/mol. The fourth-order valence-electron chi connectivity index (χ4n) is 3.10. The molecule has 0 aliphatic carbocycles. The Labute approximate surface area is 132 Å². The number of H-pyrrole nitrogens is 1. The van der Waals surface area contributed by atoms with Crippen LogP contribution in [0.4, 0.5) is 0 Å². The van der Waals surface area contributed by atoms with Gasteiger partial charge in [0, 0.05) is 0 Å². The quantitative estimate of drug-likeness (QED) is 0.365. The number of aromatic amines is 1. The molecule has 1 aromatic rings. The molecular weight excluding hydrogens is 256 g/mol. The van der Waals surface area contributed by atoms with Crippen molar-refractivity contribution in [2.24, 2.45) is 0 Å². The summed E-state index contributed by atoms with van der Waals surface area (Å²) in [5.41, 5.74) is 0. The lowest BCUT2D eigenvalue weighted by molar-refractivity contribution is -0.723. The van der Waals surface area contributed by atoms with Crippen molar-refractivity contribution in [1.29, 1.82) is 0 Å². The molecule has 0 spiro atoms. The number of aromatic nitrogens is 2. The zero-order chi connectivity index (χ0) is 15.5. The van der Waals surface area contributed by atoms with Crippen LogP contribution in [0.2, 0.25) is 0 Å². The average Bonchev–Trinajstić information content (AvgIpc) is 2.95. The van der Waals surface area contributed by atoms with E-state index in [1.807, 2.05) is 0 Å². The Bertz CT molecular complexity index is 354. The van der Waals surface area contributed by atoms with Gasteiger partial charge in [-0.05, 0) is 20.3 Å². The molecular formula is C19H37N2+. The molecule has 1 rings (SSSR count). The zero-order valence-electron chi connectivity index (χ0n) is 14.8. The van der Waals surface area contributed by atoms with E-state index in [2.05, 4.69) is 49.6 Å². The maximum Gasteiger partial charge on any atom is 0.257 e. The van der Waals surface area contributed by atoms with Gasteiger partial charge in [-0.15, -0.1) is 0 Å². The van der Waals surface area contributed by atoms with Gasteiger partial charge in [0.2, 0.25) is 0 Å². The van der Waals surface area contributed by atoms with Crippen molar-refractivity contribution in [2.75, 3.05) is 0 Å². The van der Waals surface area contributed by atoms with Gasteiger partial charge in [0.1, 0.15) is 12.4 Å². The molecule has 1 heterocycles. The molecule has 0 fully saturated rings. The topological polar surface area (TPSA) is 19.7 Å². The third kappa shape index (κ3) is 7.15. The van der Waals surface area contributed by atoms with E-state index in [-0.39, 0.29) is 0 Å². The van der Waals surface area contributed by atoms with Gasteiger partial charge in [-0.3, -0.25) is 0 Å². The molecule has 122 valence electrons. The number of rotatable bonds is 12. The van der Waals surface area contributed by atoms with Gasteiger partial charge < -0.3 is 0 Å². The minimum Gasteiger partial charge on any atom is -0.247 e. The molecule has 21 heavy (non-hydrogen) atoms. The van der Waals surface area contributed by atoms with Gasteiger partial charge in [-0.25, -0.2) is 9.55 Å². The van der Waals surface area contributed by atoms with Crippen LogP contribution in [0.5, 0.6) is 0 Å². The first-order chi connectivity index (χ1) is 10.2. The fourth-order valence-corrected chi connectivity index (χ4v) is 3.10. The van der Waals surface area contributed by atoms with Crippen molar-refractivity contribution in [3.63, 3.8) is 0 Å². The normalized spacial score (nSPS) is 13.0. The predicted octanol–water partition coefficient (Wildman–Crippen LogP) is 5.91. The van der Waals surface area contributed by atoms with Crippen LogP contribution in [0.25, 0.3) is 0 Å². The third-order valence-electron chi connectivity index (χ3n) is 4.51. The van der Waals surface area contributed by atoms with E-state index >= 15 is 0 Å². The Kier molecular flexibility index (Phi) is 9.45. The zero-order valence-corrected chi connectivity index (χ0v) is 14.8. The van der Waals surface area contributed by atoms with Gasteiger partial charge >= 0.3 is 0 Å².